The molecule has 2 aliphatic rings. The van der Waals surface area contributed by atoms with Crippen molar-refractivity contribution in [3.63, 3.8) is 0 Å². The number of aromatic nitrogens is 7. The first-order valence-electron chi connectivity index (χ1n) is 8.59. The van der Waals surface area contributed by atoms with Crippen molar-refractivity contribution in [3.8, 4) is 0 Å². The van der Waals surface area contributed by atoms with Crippen LogP contribution >= 0.6 is 0 Å². The minimum absolute atomic E-state index is 0.480. The van der Waals surface area contributed by atoms with E-state index in [2.05, 4.69) is 30.5 Å². The maximum absolute atomic E-state index is 4.52. The molecule has 23 heavy (non-hydrogen) atoms. The van der Waals surface area contributed by atoms with Crippen LogP contribution in [0.2, 0.25) is 0 Å². The SMILES string of the molecule is Cc1nc(C)n(C[C@@H]2CCCCN2Cc2nnnn2C2CC2)n1. The van der Waals surface area contributed by atoms with Gasteiger partial charge in [-0.15, -0.1) is 5.10 Å². The average Bonchev–Trinajstić information content (AvgIpc) is 3.19. The molecule has 1 aliphatic carbocycles. The van der Waals surface area contributed by atoms with Gasteiger partial charge in [0.2, 0.25) is 0 Å². The summed E-state index contributed by atoms with van der Waals surface area (Å²) >= 11 is 0. The summed E-state index contributed by atoms with van der Waals surface area (Å²) in [6.07, 6.45) is 6.14. The fourth-order valence-electron chi connectivity index (χ4n) is 3.51. The zero-order chi connectivity index (χ0) is 15.8. The monoisotopic (exact) mass is 316 g/mol. The molecule has 2 fully saturated rings. The highest BCUT2D eigenvalue weighted by Crippen LogP contribution is 2.34. The summed E-state index contributed by atoms with van der Waals surface area (Å²) in [5, 5.41) is 16.8. The van der Waals surface area contributed by atoms with Gasteiger partial charge < -0.3 is 0 Å². The van der Waals surface area contributed by atoms with Crippen LogP contribution < -0.4 is 0 Å². The molecule has 0 N–H and O–H groups in total. The zero-order valence-corrected chi connectivity index (χ0v) is 13.9. The molecule has 3 heterocycles. The standard InChI is InChI=1S/C15H24N8/c1-11-16-12(2)22(18-11)9-14-5-3-4-8-21(14)10-15-17-19-20-23(15)13-6-7-13/h13-14H,3-10H2,1-2H3/t14-/m0/s1. The lowest BCUT2D eigenvalue weighted by Gasteiger charge is -2.35. The smallest absolute Gasteiger partial charge is 0.165 e. The summed E-state index contributed by atoms with van der Waals surface area (Å²) in [6, 6.07) is 1.01. The molecule has 8 heteroatoms. The van der Waals surface area contributed by atoms with Gasteiger partial charge in [0.15, 0.2) is 5.82 Å². The molecule has 1 aliphatic heterocycles. The van der Waals surface area contributed by atoms with Crippen molar-refractivity contribution in [1.29, 1.82) is 0 Å². The number of likely N-dealkylation sites (tertiary alicyclic amines) is 1. The number of hydrogen-bond donors (Lipinski definition) is 0. The van der Waals surface area contributed by atoms with Gasteiger partial charge >= 0.3 is 0 Å². The summed E-state index contributed by atoms with van der Waals surface area (Å²) in [5.41, 5.74) is 0. The molecule has 124 valence electrons. The van der Waals surface area contributed by atoms with Crippen LogP contribution in [0, 0.1) is 13.8 Å². The molecule has 2 aromatic rings. The van der Waals surface area contributed by atoms with Gasteiger partial charge in [0, 0.05) is 6.04 Å². The van der Waals surface area contributed by atoms with Crippen molar-refractivity contribution in [2.45, 2.75) is 71.1 Å². The molecule has 0 radical (unpaired) electrons. The first kappa shape index (κ1) is 14.7. The molecule has 4 rings (SSSR count). The van der Waals surface area contributed by atoms with Gasteiger partial charge in [-0.25, -0.2) is 14.3 Å². The quantitative estimate of drug-likeness (QED) is 0.827. The Morgan fingerprint density at radius 1 is 1.13 bits per heavy atom. The highest BCUT2D eigenvalue weighted by atomic mass is 15.6. The van der Waals surface area contributed by atoms with Crippen LogP contribution in [-0.4, -0.2) is 52.5 Å². The molecule has 0 aromatic carbocycles. The van der Waals surface area contributed by atoms with E-state index >= 15 is 0 Å². The van der Waals surface area contributed by atoms with E-state index in [0.29, 0.717) is 12.1 Å². The molecule has 0 amide bonds. The minimum Gasteiger partial charge on any atom is -0.291 e. The maximum atomic E-state index is 4.52. The van der Waals surface area contributed by atoms with E-state index in [1.165, 1.54) is 32.1 Å². The third kappa shape index (κ3) is 3.12. The van der Waals surface area contributed by atoms with Gasteiger partial charge in [0.25, 0.3) is 0 Å². The predicted octanol–water partition coefficient (Wildman–Crippen LogP) is 1.27. The summed E-state index contributed by atoms with van der Waals surface area (Å²) in [6.45, 7) is 6.82. The molecular formula is C15H24N8. The van der Waals surface area contributed by atoms with Gasteiger partial charge in [0.05, 0.1) is 19.1 Å². The van der Waals surface area contributed by atoms with Crippen LogP contribution in [-0.2, 0) is 13.1 Å². The number of aryl methyl sites for hydroxylation is 2. The second-order valence-corrected chi connectivity index (χ2v) is 6.78. The molecule has 1 saturated heterocycles. The van der Waals surface area contributed by atoms with Crippen LogP contribution in [0.5, 0.6) is 0 Å². The van der Waals surface area contributed by atoms with Crippen molar-refractivity contribution < 1.29 is 0 Å². The molecule has 0 unspecified atom stereocenters. The van der Waals surface area contributed by atoms with E-state index in [1.54, 1.807) is 0 Å². The summed E-state index contributed by atoms with van der Waals surface area (Å²) < 4.78 is 4.07. The van der Waals surface area contributed by atoms with Crippen molar-refractivity contribution in [2.75, 3.05) is 6.54 Å². The van der Waals surface area contributed by atoms with Crippen LogP contribution in [0.25, 0.3) is 0 Å². The van der Waals surface area contributed by atoms with Gasteiger partial charge in [0.1, 0.15) is 11.6 Å². The molecule has 1 atom stereocenters. The fourth-order valence-corrected chi connectivity index (χ4v) is 3.51. The maximum Gasteiger partial charge on any atom is 0.165 e. The first-order chi connectivity index (χ1) is 11.2. The Hall–Kier alpha value is -1.83. The van der Waals surface area contributed by atoms with Crippen LogP contribution in [0.15, 0.2) is 0 Å². The summed E-state index contributed by atoms with van der Waals surface area (Å²) in [4.78, 5) is 6.94. The van der Waals surface area contributed by atoms with Crippen LogP contribution in [0.1, 0.15) is 55.6 Å². The minimum atomic E-state index is 0.480. The van der Waals surface area contributed by atoms with Crippen molar-refractivity contribution in [1.82, 2.24) is 39.9 Å². The Labute approximate surface area is 135 Å². The second-order valence-electron chi connectivity index (χ2n) is 6.78. The Balaban J connectivity index is 1.48. The number of hydrogen-bond acceptors (Lipinski definition) is 6. The lowest BCUT2D eigenvalue weighted by molar-refractivity contribution is 0.116. The van der Waals surface area contributed by atoms with E-state index in [-0.39, 0.29) is 0 Å². The summed E-state index contributed by atoms with van der Waals surface area (Å²) in [5.74, 6) is 2.85. The lowest BCUT2D eigenvalue weighted by atomic mass is 10.0. The number of tetrazole rings is 1. The van der Waals surface area contributed by atoms with Gasteiger partial charge in [-0.2, -0.15) is 5.10 Å². The van der Waals surface area contributed by atoms with Gasteiger partial charge in [-0.1, -0.05) is 6.42 Å². The zero-order valence-electron chi connectivity index (χ0n) is 13.9. The van der Waals surface area contributed by atoms with Gasteiger partial charge in [-0.05, 0) is 56.5 Å². The highest BCUT2D eigenvalue weighted by molar-refractivity contribution is 4.93. The van der Waals surface area contributed by atoms with E-state index in [1.807, 2.05) is 23.2 Å². The Bertz CT molecular complexity index is 671. The first-order valence-corrected chi connectivity index (χ1v) is 8.59. The molecule has 2 aromatic heterocycles. The van der Waals surface area contributed by atoms with E-state index in [4.69, 9.17) is 0 Å². The van der Waals surface area contributed by atoms with E-state index in [0.717, 1.165) is 37.1 Å². The van der Waals surface area contributed by atoms with Crippen molar-refractivity contribution in [2.24, 2.45) is 0 Å². The Kier molecular flexibility index (Phi) is 3.84. The predicted molar refractivity (Wildman–Crippen MR) is 83.6 cm³/mol. The van der Waals surface area contributed by atoms with E-state index < -0.39 is 0 Å². The number of nitrogens with zero attached hydrogens (tertiary/aromatic N) is 8. The van der Waals surface area contributed by atoms with Crippen molar-refractivity contribution >= 4 is 0 Å². The Morgan fingerprint density at radius 2 is 2.00 bits per heavy atom. The summed E-state index contributed by atoms with van der Waals surface area (Å²) in [7, 11) is 0. The molecule has 0 spiro atoms. The highest BCUT2D eigenvalue weighted by Gasteiger charge is 2.30. The van der Waals surface area contributed by atoms with Gasteiger partial charge in [-0.3, -0.25) is 4.90 Å². The lowest BCUT2D eigenvalue weighted by Crippen LogP contribution is -2.42. The molecule has 1 saturated carbocycles. The van der Waals surface area contributed by atoms with Crippen LogP contribution in [0.4, 0.5) is 0 Å². The normalized spacial score (nSPS) is 22.6. The van der Waals surface area contributed by atoms with Crippen LogP contribution in [0.3, 0.4) is 0 Å². The second kappa shape index (κ2) is 5.99. The third-order valence-electron chi connectivity index (χ3n) is 4.89. The third-order valence-corrected chi connectivity index (χ3v) is 4.89. The molecule has 0 bridgehead atoms. The van der Waals surface area contributed by atoms with Crippen molar-refractivity contribution in [3.05, 3.63) is 17.5 Å². The Morgan fingerprint density at radius 3 is 2.74 bits per heavy atom. The fraction of sp³-hybridized carbons (Fsp3) is 0.800. The average molecular weight is 316 g/mol. The van der Waals surface area contributed by atoms with E-state index in [9.17, 15) is 0 Å². The molecular weight excluding hydrogens is 292 g/mol. The number of piperidine rings is 1. The molecule has 8 nitrogen and oxygen atoms in total. The number of rotatable bonds is 5. The topological polar surface area (TPSA) is 77.5 Å². The largest absolute Gasteiger partial charge is 0.291 e.